The predicted octanol–water partition coefficient (Wildman–Crippen LogP) is 3.26. The topological polar surface area (TPSA) is 44.5 Å². The molecule has 0 atom stereocenters. The molecule has 0 saturated heterocycles. The number of ether oxygens (including phenoxy) is 2. The molecule has 2 N–H and O–H groups in total. The highest BCUT2D eigenvalue weighted by molar-refractivity contribution is 7.80. The summed E-state index contributed by atoms with van der Waals surface area (Å²) in [6.45, 7) is 0. The minimum absolute atomic E-state index is 0.0528. The van der Waals surface area contributed by atoms with E-state index in [1.165, 1.54) is 19.2 Å². The molecule has 0 saturated carbocycles. The number of nitrogens with two attached hydrogens (primary N) is 1. The first kappa shape index (κ1) is 13.3. The van der Waals surface area contributed by atoms with Gasteiger partial charge in [-0.05, 0) is 24.3 Å². The van der Waals surface area contributed by atoms with Gasteiger partial charge in [-0.2, -0.15) is 0 Å². The molecule has 0 radical (unpaired) electrons. The minimum Gasteiger partial charge on any atom is -0.493 e. The van der Waals surface area contributed by atoms with Crippen LogP contribution in [0.5, 0.6) is 17.2 Å². The second kappa shape index (κ2) is 5.67. The smallest absolute Gasteiger partial charge is 0.169 e. The molecule has 2 rings (SSSR count). The van der Waals surface area contributed by atoms with Gasteiger partial charge in [-0.15, -0.1) is 0 Å². The highest BCUT2D eigenvalue weighted by Gasteiger charge is 2.14. The minimum atomic E-state index is -0.514. The van der Waals surface area contributed by atoms with E-state index in [0.29, 0.717) is 11.5 Å². The van der Waals surface area contributed by atoms with Crippen LogP contribution < -0.4 is 15.2 Å². The SMILES string of the molecule is COc1ccccc1Oc1cccc(F)c1C(N)=S. The molecule has 2 aromatic rings. The molecule has 5 heteroatoms. The zero-order valence-corrected chi connectivity index (χ0v) is 11.0. The van der Waals surface area contributed by atoms with Gasteiger partial charge in [0.25, 0.3) is 0 Å². The van der Waals surface area contributed by atoms with E-state index in [4.69, 9.17) is 27.4 Å². The van der Waals surface area contributed by atoms with E-state index < -0.39 is 5.82 Å². The maximum absolute atomic E-state index is 13.7. The molecular formula is C14H12FNO2S. The highest BCUT2D eigenvalue weighted by Crippen LogP contribution is 2.33. The third-order valence-electron chi connectivity index (χ3n) is 2.51. The Morgan fingerprint density at radius 1 is 1.05 bits per heavy atom. The van der Waals surface area contributed by atoms with Crippen molar-refractivity contribution in [3.05, 3.63) is 53.8 Å². The second-order valence-electron chi connectivity index (χ2n) is 3.73. The maximum Gasteiger partial charge on any atom is 0.169 e. The Morgan fingerprint density at radius 2 is 1.68 bits per heavy atom. The van der Waals surface area contributed by atoms with Crippen molar-refractivity contribution in [1.82, 2.24) is 0 Å². The van der Waals surface area contributed by atoms with Gasteiger partial charge in [0, 0.05) is 0 Å². The molecule has 0 amide bonds. The molecule has 0 heterocycles. The van der Waals surface area contributed by atoms with Crippen molar-refractivity contribution >= 4 is 17.2 Å². The van der Waals surface area contributed by atoms with Crippen LogP contribution in [0.4, 0.5) is 4.39 Å². The fourth-order valence-electron chi connectivity index (χ4n) is 1.65. The van der Waals surface area contributed by atoms with Gasteiger partial charge in [-0.3, -0.25) is 0 Å². The second-order valence-corrected chi connectivity index (χ2v) is 4.17. The van der Waals surface area contributed by atoms with E-state index in [-0.39, 0.29) is 16.3 Å². The first-order chi connectivity index (χ1) is 9.13. The number of hydrogen-bond donors (Lipinski definition) is 1. The van der Waals surface area contributed by atoms with Crippen molar-refractivity contribution in [2.45, 2.75) is 0 Å². The number of methoxy groups -OCH3 is 1. The van der Waals surface area contributed by atoms with Crippen molar-refractivity contribution < 1.29 is 13.9 Å². The summed E-state index contributed by atoms with van der Waals surface area (Å²) in [7, 11) is 1.53. The van der Waals surface area contributed by atoms with Crippen molar-refractivity contribution in [3.8, 4) is 17.2 Å². The lowest BCUT2D eigenvalue weighted by Gasteiger charge is -2.13. The van der Waals surface area contributed by atoms with Gasteiger partial charge >= 0.3 is 0 Å². The quantitative estimate of drug-likeness (QED) is 0.871. The van der Waals surface area contributed by atoms with Gasteiger partial charge < -0.3 is 15.2 Å². The van der Waals surface area contributed by atoms with Gasteiger partial charge in [-0.25, -0.2) is 4.39 Å². The zero-order valence-electron chi connectivity index (χ0n) is 10.2. The summed E-state index contributed by atoms with van der Waals surface area (Å²) >= 11 is 4.84. The number of hydrogen-bond acceptors (Lipinski definition) is 3. The summed E-state index contributed by atoms with van der Waals surface area (Å²) in [5.74, 6) is 0.755. The molecule has 0 aliphatic heterocycles. The summed E-state index contributed by atoms with van der Waals surface area (Å²) < 4.78 is 24.5. The van der Waals surface area contributed by atoms with Crippen molar-refractivity contribution in [1.29, 1.82) is 0 Å². The van der Waals surface area contributed by atoms with Crippen LogP contribution in [-0.4, -0.2) is 12.1 Å². The van der Waals surface area contributed by atoms with Gasteiger partial charge in [0.2, 0.25) is 0 Å². The van der Waals surface area contributed by atoms with Crippen LogP contribution in [0.2, 0.25) is 0 Å². The third kappa shape index (κ3) is 2.82. The van der Waals surface area contributed by atoms with E-state index in [2.05, 4.69) is 0 Å². The number of para-hydroxylation sites is 2. The third-order valence-corrected chi connectivity index (χ3v) is 2.71. The van der Waals surface area contributed by atoms with Crippen molar-refractivity contribution in [2.75, 3.05) is 7.11 Å². The summed E-state index contributed by atoms with van der Waals surface area (Å²) in [6.07, 6.45) is 0. The monoisotopic (exact) mass is 277 g/mol. The fourth-order valence-corrected chi connectivity index (χ4v) is 1.85. The zero-order chi connectivity index (χ0) is 13.8. The van der Waals surface area contributed by atoms with E-state index in [9.17, 15) is 4.39 Å². The molecule has 19 heavy (non-hydrogen) atoms. The molecular weight excluding hydrogens is 265 g/mol. The average molecular weight is 277 g/mol. The first-order valence-electron chi connectivity index (χ1n) is 5.52. The number of halogens is 1. The first-order valence-corrected chi connectivity index (χ1v) is 5.93. The number of thiocarbonyl (C=S) groups is 1. The normalized spacial score (nSPS) is 10.0. The molecule has 3 nitrogen and oxygen atoms in total. The summed E-state index contributed by atoms with van der Waals surface area (Å²) in [4.78, 5) is -0.0528. The van der Waals surface area contributed by atoms with E-state index in [1.807, 2.05) is 6.07 Å². The van der Waals surface area contributed by atoms with E-state index in [1.54, 1.807) is 24.3 Å². The molecule has 0 bridgehead atoms. The highest BCUT2D eigenvalue weighted by atomic mass is 32.1. The molecule has 0 aliphatic rings. The lowest BCUT2D eigenvalue weighted by Crippen LogP contribution is -2.13. The molecule has 0 aliphatic carbocycles. The Balaban J connectivity index is 2.44. The summed E-state index contributed by atoms with van der Waals surface area (Å²) in [6, 6.07) is 11.5. The Morgan fingerprint density at radius 3 is 2.32 bits per heavy atom. The fraction of sp³-hybridized carbons (Fsp3) is 0.0714. The van der Waals surface area contributed by atoms with E-state index in [0.717, 1.165) is 0 Å². The van der Waals surface area contributed by atoms with Gasteiger partial charge in [-0.1, -0.05) is 30.4 Å². The van der Waals surface area contributed by atoms with Crippen molar-refractivity contribution in [3.63, 3.8) is 0 Å². The lowest BCUT2D eigenvalue weighted by molar-refractivity contribution is 0.378. The molecule has 98 valence electrons. The van der Waals surface area contributed by atoms with Crippen LogP contribution in [0.25, 0.3) is 0 Å². The van der Waals surface area contributed by atoms with Crippen LogP contribution in [0.3, 0.4) is 0 Å². The summed E-state index contributed by atoms with van der Waals surface area (Å²) in [5.41, 5.74) is 5.61. The molecule has 0 spiro atoms. The lowest BCUT2D eigenvalue weighted by atomic mass is 10.2. The Labute approximate surface area is 115 Å². The average Bonchev–Trinajstić information content (AvgIpc) is 2.39. The van der Waals surface area contributed by atoms with Crippen LogP contribution in [0.15, 0.2) is 42.5 Å². The molecule has 0 fully saturated rings. The standard InChI is InChI=1S/C14H12FNO2S/c1-17-10-6-2-3-7-11(10)18-12-8-4-5-9(15)13(12)14(16)19/h2-8H,1H3,(H2,16,19). The largest absolute Gasteiger partial charge is 0.493 e. The Kier molecular flexibility index (Phi) is 3.97. The number of benzene rings is 2. The molecule has 2 aromatic carbocycles. The van der Waals surface area contributed by atoms with Gasteiger partial charge in [0.1, 0.15) is 16.6 Å². The van der Waals surface area contributed by atoms with Crippen molar-refractivity contribution in [2.24, 2.45) is 5.73 Å². The Hall–Kier alpha value is -2.14. The van der Waals surface area contributed by atoms with Gasteiger partial charge in [0.05, 0.1) is 12.7 Å². The number of rotatable bonds is 4. The van der Waals surface area contributed by atoms with Crippen LogP contribution in [0, 0.1) is 5.82 Å². The maximum atomic E-state index is 13.7. The van der Waals surface area contributed by atoms with Gasteiger partial charge in [0.15, 0.2) is 11.5 Å². The van der Waals surface area contributed by atoms with Crippen LogP contribution in [0.1, 0.15) is 5.56 Å². The summed E-state index contributed by atoms with van der Waals surface area (Å²) in [5, 5.41) is 0. The van der Waals surface area contributed by atoms with E-state index >= 15 is 0 Å². The van der Waals surface area contributed by atoms with Crippen LogP contribution >= 0.6 is 12.2 Å². The Bertz CT molecular complexity index is 616. The molecule has 0 unspecified atom stereocenters. The molecule has 0 aromatic heterocycles. The predicted molar refractivity (Wildman–Crippen MR) is 75.4 cm³/mol. The van der Waals surface area contributed by atoms with Crippen LogP contribution in [-0.2, 0) is 0 Å².